The minimum Gasteiger partial charge on any atom is -0.497 e. The monoisotopic (exact) mass is 488 g/mol. The third kappa shape index (κ3) is 7.60. The van der Waals surface area contributed by atoms with Gasteiger partial charge >= 0.3 is 0 Å². The normalized spacial score (nSPS) is 11.6. The highest BCUT2D eigenvalue weighted by molar-refractivity contribution is 5.88. The van der Waals surface area contributed by atoms with Crippen LogP contribution in [-0.4, -0.2) is 43.5 Å². The Morgan fingerprint density at radius 2 is 1.33 bits per heavy atom. The number of rotatable bonds is 12. The standard InChI is InChI=1S/C30H36N2O4/c1-22(2)30(34)32(21-25-12-16-27(36-4)17-13-25)28(20-24-8-6-5-7-9-24)29(33)31-19-18-23-10-14-26(35-3)15-11-23/h5-17,22,28H,18-21H2,1-4H3,(H,31,33)/t28-/m0/s1. The summed E-state index contributed by atoms with van der Waals surface area (Å²) in [7, 11) is 3.26. The van der Waals surface area contributed by atoms with E-state index in [-0.39, 0.29) is 17.7 Å². The summed E-state index contributed by atoms with van der Waals surface area (Å²) < 4.78 is 10.5. The Labute approximate surface area is 214 Å². The SMILES string of the molecule is COc1ccc(CCNC(=O)[C@H](Cc2ccccc2)N(Cc2ccc(OC)cc2)C(=O)C(C)C)cc1. The van der Waals surface area contributed by atoms with Crippen LogP contribution in [0.1, 0.15) is 30.5 Å². The number of amides is 2. The Balaban J connectivity index is 1.81. The summed E-state index contributed by atoms with van der Waals surface area (Å²) in [6, 6.07) is 24.6. The predicted molar refractivity (Wildman–Crippen MR) is 142 cm³/mol. The van der Waals surface area contributed by atoms with E-state index in [2.05, 4.69) is 5.32 Å². The molecule has 1 N–H and O–H groups in total. The molecule has 3 rings (SSSR count). The van der Waals surface area contributed by atoms with Gasteiger partial charge in [0.2, 0.25) is 11.8 Å². The molecule has 0 fully saturated rings. The average molecular weight is 489 g/mol. The molecule has 6 heteroatoms. The van der Waals surface area contributed by atoms with E-state index in [9.17, 15) is 9.59 Å². The van der Waals surface area contributed by atoms with Crippen molar-refractivity contribution in [1.82, 2.24) is 10.2 Å². The lowest BCUT2D eigenvalue weighted by Crippen LogP contribution is -2.51. The Morgan fingerprint density at radius 1 is 0.778 bits per heavy atom. The van der Waals surface area contributed by atoms with Crippen molar-refractivity contribution in [2.24, 2.45) is 5.92 Å². The van der Waals surface area contributed by atoms with Crippen molar-refractivity contribution in [2.45, 2.75) is 39.3 Å². The molecule has 36 heavy (non-hydrogen) atoms. The van der Waals surface area contributed by atoms with Crippen LogP contribution in [0.3, 0.4) is 0 Å². The van der Waals surface area contributed by atoms with Crippen LogP contribution in [0.5, 0.6) is 11.5 Å². The summed E-state index contributed by atoms with van der Waals surface area (Å²) in [5.74, 6) is 1.09. The summed E-state index contributed by atoms with van der Waals surface area (Å²) in [6.45, 7) is 4.54. The van der Waals surface area contributed by atoms with Crippen LogP contribution in [0.25, 0.3) is 0 Å². The van der Waals surface area contributed by atoms with Gasteiger partial charge in [0.25, 0.3) is 0 Å². The zero-order valence-electron chi connectivity index (χ0n) is 21.6. The summed E-state index contributed by atoms with van der Waals surface area (Å²) in [4.78, 5) is 28.6. The number of carbonyl (C=O) groups excluding carboxylic acids is 2. The Bertz CT molecular complexity index is 1100. The number of nitrogens with zero attached hydrogens (tertiary/aromatic N) is 1. The highest BCUT2D eigenvalue weighted by atomic mass is 16.5. The van der Waals surface area contributed by atoms with E-state index in [4.69, 9.17) is 9.47 Å². The first-order valence-electron chi connectivity index (χ1n) is 12.3. The number of hydrogen-bond acceptors (Lipinski definition) is 4. The molecule has 3 aromatic carbocycles. The van der Waals surface area contributed by atoms with Crippen molar-refractivity contribution in [2.75, 3.05) is 20.8 Å². The van der Waals surface area contributed by atoms with Crippen molar-refractivity contribution < 1.29 is 19.1 Å². The number of ether oxygens (including phenoxy) is 2. The van der Waals surface area contributed by atoms with Crippen LogP contribution in [0, 0.1) is 5.92 Å². The molecule has 0 saturated heterocycles. The van der Waals surface area contributed by atoms with Gasteiger partial charge < -0.3 is 19.7 Å². The molecule has 0 spiro atoms. The fourth-order valence-corrected chi connectivity index (χ4v) is 4.02. The topological polar surface area (TPSA) is 67.9 Å². The van der Waals surface area contributed by atoms with E-state index in [1.807, 2.05) is 92.7 Å². The number of methoxy groups -OCH3 is 2. The molecule has 0 radical (unpaired) electrons. The molecule has 0 aliphatic carbocycles. The summed E-state index contributed by atoms with van der Waals surface area (Å²) >= 11 is 0. The molecule has 0 heterocycles. The van der Waals surface area contributed by atoms with Gasteiger partial charge in [0.1, 0.15) is 17.5 Å². The van der Waals surface area contributed by atoms with Crippen LogP contribution in [0.4, 0.5) is 0 Å². The molecule has 0 bridgehead atoms. The van der Waals surface area contributed by atoms with Crippen molar-refractivity contribution >= 4 is 11.8 Å². The van der Waals surface area contributed by atoms with E-state index in [0.717, 1.165) is 28.2 Å². The first kappa shape index (κ1) is 26.8. The summed E-state index contributed by atoms with van der Waals surface area (Å²) in [5, 5.41) is 3.07. The van der Waals surface area contributed by atoms with E-state index in [1.54, 1.807) is 19.1 Å². The van der Waals surface area contributed by atoms with Gasteiger partial charge in [-0.25, -0.2) is 0 Å². The minimum absolute atomic E-state index is 0.0583. The highest BCUT2D eigenvalue weighted by Crippen LogP contribution is 2.19. The van der Waals surface area contributed by atoms with E-state index in [0.29, 0.717) is 25.9 Å². The molecule has 0 aliphatic rings. The number of carbonyl (C=O) groups is 2. The van der Waals surface area contributed by atoms with Gasteiger partial charge in [-0.05, 0) is 47.4 Å². The van der Waals surface area contributed by atoms with Gasteiger partial charge in [0.15, 0.2) is 0 Å². The zero-order valence-corrected chi connectivity index (χ0v) is 21.6. The largest absolute Gasteiger partial charge is 0.497 e. The lowest BCUT2D eigenvalue weighted by molar-refractivity contribution is -0.143. The fourth-order valence-electron chi connectivity index (χ4n) is 4.02. The second-order valence-corrected chi connectivity index (χ2v) is 9.06. The molecule has 3 aromatic rings. The van der Waals surface area contributed by atoms with Gasteiger partial charge in [-0.1, -0.05) is 68.4 Å². The van der Waals surface area contributed by atoms with Gasteiger partial charge in [-0.3, -0.25) is 9.59 Å². The van der Waals surface area contributed by atoms with E-state index in [1.165, 1.54) is 0 Å². The number of nitrogens with one attached hydrogen (secondary N) is 1. The maximum atomic E-state index is 13.6. The fraction of sp³-hybridized carbons (Fsp3) is 0.333. The first-order chi connectivity index (χ1) is 17.4. The maximum absolute atomic E-state index is 13.6. The second-order valence-electron chi connectivity index (χ2n) is 9.06. The van der Waals surface area contributed by atoms with Gasteiger partial charge in [-0.2, -0.15) is 0 Å². The second kappa shape index (κ2) is 13.3. The Kier molecular flexibility index (Phi) is 9.92. The van der Waals surface area contributed by atoms with Crippen LogP contribution in [0.2, 0.25) is 0 Å². The van der Waals surface area contributed by atoms with Crippen molar-refractivity contribution in [3.63, 3.8) is 0 Å². The quantitative estimate of drug-likeness (QED) is 0.403. The van der Waals surface area contributed by atoms with Crippen molar-refractivity contribution in [3.05, 3.63) is 95.6 Å². The molecule has 0 aromatic heterocycles. The van der Waals surface area contributed by atoms with Crippen molar-refractivity contribution in [3.8, 4) is 11.5 Å². The predicted octanol–water partition coefficient (Wildman–Crippen LogP) is 4.66. The van der Waals surface area contributed by atoms with Crippen LogP contribution in [-0.2, 0) is 29.0 Å². The molecule has 6 nitrogen and oxygen atoms in total. The third-order valence-electron chi connectivity index (χ3n) is 6.11. The lowest BCUT2D eigenvalue weighted by atomic mass is 10.0. The molecule has 190 valence electrons. The number of hydrogen-bond donors (Lipinski definition) is 1. The molecule has 2 amide bonds. The third-order valence-corrected chi connectivity index (χ3v) is 6.11. The Morgan fingerprint density at radius 3 is 1.86 bits per heavy atom. The van der Waals surface area contributed by atoms with E-state index < -0.39 is 6.04 Å². The van der Waals surface area contributed by atoms with Gasteiger partial charge in [0.05, 0.1) is 14.2 Å². The molecular formula is C30H36N2O4. The lowest BCUT2D eigenvalue weighted by Gasteiger charge is -2.33. The molecular weight excluding hydrogens is 452 g/mol. The van der Waals surface area contributed by atoms with Gasteiger partial charge in [-0.15, -0.1) is 0 Å². The Hall–Kier alpha value is -3.80. The average Bonchev–Trinajstić information content (AvgIpc) is 2.91. The van der Waals surface area contributed by atoms with Crippen LogP contribution in [0.15, 0.2) is 78.9 Å². The molecule has 0 aliphatic heterocycles. The number of benzene rings is 3. The molecule has 0 saturated carbocycles. The summed E-state index contributed by atoms with van der Waals surface area (Å²) in [5.41, 5.74) is 3.04. The van der Waals surface area contributed by atoms with Crippen LogP contribution < -0.4 is 14.8 Å². The van der Waals surface area contributed by atoms with Gasteiger partial charge in [0, 0.05) is 25.4 Å². The van der Waals surface area contributed by atoms with E-state index >= 15 is 0 Å². The van der Waals surface area contributed by atoms with Crippen molar-refractivity contribution in [1.29, 1.82) is 0 Å². The molecule has 0 unspecified atom stereocenters. The zero-order chi connectivity index (χ0) is 25.9. The minimum atomic E-state index is -0.639. The highest BCUT2D eigenvalue weighted by Gasteiger charge is 2.31. The van der Waals surface area contributed by atoms with Crippen LogP contribution >= 0.6 is 0 Å². The maximum Gasteiger partial charge on any atom is 0.243 e. The smallest absolute Gasteiger partial charge is 0.243 e. The molecule has 1 atom stereocenters. The summed E-state index contributed by atoms with van der Waals surface area (Å²) in [6.07, 6.45) is 1.12. The first-order valence-corrected chi connectivity index (χ1v) is 12.3.